The molecule has 1 fully saturated rings. The number of anilines is 2. The standard InChI is InChI=1S/C17H21N5O2/c18-17(23)14-7-4-9-22(14)16-11-15(20-12-21-16)19-8-10-24-13-5-2-1-3-6-13/h1-3,5-6,11-12,14H,4,7-10H2,(H2,18,23)(H,19,20,21)/t14-/m1/s1. The number of ether oxygens (including phenoxy) is 1. The molecule has 7 nitrogen and oxygen atoms in total. The highest BCUT2D eigenvalue weighted by molar-refractivity contribution is 5.84. The molecule has 0 unspecified atom stereocenters. The molecule has 2 heterocycles. The molecular formula is C17H21N5O2. The molecule has 1 saturated heterocycles. The first-order valence-corrected chi connectivity index (χ1v) is 8.04. The predicted octanol–water partition coefficient (Wildman–Crippen LogP) is 1.42. The lowest BCUT2D eigenvalue weighted by molar-refractivity contribution is -0.119. The van der Waals surface area contributed by atoms with Crippen molar-refractivity contribution < 1.29 is 9.53 Å². The van der Waals surface area contributed by atoms with Crippen LogP contribution < -0.4 is 20.7 Å². The van der Waals surface area contributed by atoms with Gasteiger partial charge in [0.1, 0.15) is 36.4 Å². The molecule has 1 amide bonds. The van der Waals surface area contributed by atoms with E-state index >= 15 is 0 Å². The summed E-state index contributed by atoms with van der Waals surface area (Å²) in [5.41, 5.74) is 5.46. The number of para-hydroxylation sites is 1. The number of nitrogens with two attached hydrogens (primary N) is 1. The molecule has 0 radical (unpaired) electrons. The van der Waals surface area contributed by atoms with Crippen molar-refractivity contribution in [2.45, 2.75) is 18.9 Å². The summed E-state index contributed by atoms with van der Waals surface area (Å²) in [6.07, 6.45) is 3.20. The van der Waals surface area contributed by atoms with Crippen LogP contribution in [-0.4, -0.2) is 41.6 Å². The fourth-order valence-corrected chi connectivity index (χ4v) is 2.80. The average molecular weight is 327 g/mol. The molecule has 1 atom stereocenters. The van der Waals surface area contributed by atoms with Crippen LogP contribution >= 0.6 is 0 Å². The van der Waals surface area contributed by atoms with Gasteiger partial charge in [-0.05, 0) is 25.0 Å². The fourth-order valence-electron chi connectivity index (χ4n) is 2.80. The lowest BCUT2D eigenvalue weighted by atomic mass is 10.2. The number of benzene rings is 1. The van der Waals surface area contributed by atoms with E-state index in [1.807, 2.05) is 41.3 Å². The topological polar surface area (TPSA) is 93.4 Å². The summed E-state index contributed by atoms with van der Waals surface area (Å²) in [5, 5.41) is 3.20. The van der Waals surface area contributed by atoms with Gasteiger partial charge in [-0.25, -0.2) is 9.97 Å². The van der Waals surface area contributed by atoms with E-state index < -0.39 is 0 Å². The average Bonchev–Trinajstić information content (AvgIpc) is 3.10. The molecule has 1 aromatic carbocycles. The van der Waals surface area contributed by atoms with Crippen molar-refractivity contribution in [1.29, 1.82) is 0 Å². The van der Waals surface area contributed by atoms with Crippen LogP contribution in [0.15, 0.2) is 42.7 Å². The van der Waals surface area contributed by atoms with Gasteiger partial charge in [-0.15, -0.1) is 0 Å². The van der Waals surface area contributed by atoms with E-state index in [1.165, 1.54) is 6.33 Å². The molecule has 1 aliphatic rings. The molecule has 0 aliphatic carbocycles. The predicted molar refractivity (Wildman–Crippen MR) is 92.0 cm³/mol. The minimum absolute atomic E-state index is 0.283. The van der Waals surface area contributed by atoms with Crippen LogP contribution in [0.1, 0.15) is 12.8 Å². The van der Waals surface area contributed by atoms with E-state index in [2.05, 4.69) is 15.3 Å². The molecule has 1 aromatic heterocycles. The van der Waals surface area contributed by atoms with Gasteiger partial charge in [0.25, 0.3) is 0 Å². The van der Waals surface area contributed by atoms with Gasteiger partial charge in [-0.2, -0.15) is 0 Å². The second-order valence-corrected chi connectivity index (χ2v) is 5.60. The summed E-state index contributed by atoms with van der Waals surface area (Å²) in [6, 6.07) is 11.2. The van der Waals surface area contributed by atoms with E-state index in [1.54, 1.807) is 0 Å². The van der Waals surface area contributed by atoms with Gasteiger partial charge in [-0.1, -0.05) is 18.2 Å². The Morgan fingerprint density at radius 3 is 2.96 bits per heavy atom. The second kappa shape index (κ2) is 7.63. The minimum Gasteiger partial charge on any atom is -0.492 e. The minimum atomic E-state index is -0.308. The smallest absolute Gasteiger partial charge is 0.240 e. The Kier molecular flexibility index (Phi) is 5.10. The van der Waals surface area contributed by atoms with Gasteiger partial charge in [-0.3, -0.25) is 4.79 Å². The van der Waals surface area contributed by atoms with Gasteiger partial charge in [0.05, 0.1) is 6.54 Å². The number of amides is 1. The third-order valence-corrected chi connectivity index (χ3v) is 3.95. The van der Waals surface area contributed by atoms with Crippen LogP contribution in [-0.2, 0) is 4.79 Å². The molecule has 24 heavy (non-hydrogen) atoms. The first-order valence-electron chi connectivity index (χ1n) is 8.04. The SMILES string of the molecule is NC(=O)[C@H]1CCCN1c1cc(NCCOc2ccccc2)ncn1. The van der Waals surface area contributed by atoms with Crippen LogP contribution in [0.4, 0.5) is 11.6 Å². The van der Waals surface area contributed by atoms with Crippen molar-refractivity contribution in [3.05, 3.63) is 42.7 Å². The van der Waals surface area contributed by atoms with E-state index in [-0.39, 0.29) is 11.9 Å². The summed E-state index contributed by atoms with van der Waals surface area (Å²) >= 11 is 0. The van der Waals surface area contributed by atoms with E-state index in [4.69, 9.17) is 10.5 Å². The van der Waals surface area contributed by atoms with Crippen LogP contribution in [0.5, 0.6) is 5.75 Å². The lowest BCUT2D eigenvalue weighted by Crippen LogP contribution is -2.40. The number of primary amides is 1. The summed E-state index contributed by atoms with van der Waals surface area (Å²) in [7, 11) is 0. The Bertz CT molecular complexity index is 680. The Morgan fingerprint density at radius 2 is 2.17 bits per heavy atom. The van der Waals surface area contributed by atoms with Crippen LogP contribution in [0, 0.1) is 0 Å². The maximum Gasteiger partial charge on any atom is 0.240 e. The van der Waals surface area contributed by atoms with Gasteiger partial charge >= 0.3 is 0 Å². The van der Waals surface area contributed by atoms with Crippen molar-refractivity contribution in [3.63, 3.8) is 0 Å². The number of hydrogen-bond donors (Lipinski definition) is 2. The van der Waals surface area contributed by atoms with E-state index in [9.17, 15) is 4.79 Å². The maximum absolute atomic E-state index is 11.5. The Morgan fingerprint density at radius 1 is 1.33 bits per heavy atom. The van der Waals surface area contributed by atoms with Crippen molar-refractivity contribution in [3.8, 4) is 5.75 Å². The van der Waals surface area contributed by atoms with Crippen LogP contribution in [0.25, 0.3) is 0 Å². The zero-order valence-corrected chi connectivity index (χ0v) is 13.4. The number of nitrogens with one attached hydrogen (secondary N) is 1. The largest absolute Gasteiger partial charge is 0.492 e. The van der Waals surface area contributed by atoms with Crippen LogP contribution in [0.2, 0.25) is 0 Å². The lowest BCUT2D eigenvalue weighted by Gasteiger charge is -2.23. The summed E-state index contributed by atoms with van der Waals surface area (Å²) in [4.78, 5) is 21.9. The van der Waals surface area contributed by atoms with Crippen molar-refractivity contribution in [1.82, 2.24) is 9.97 Å². The number of aromatic nitrogens is 2. The molecule has 0 bridgehead atoms. The summed E-state index contributed by atoms with van der Waals surface area (Å²) in [5.74, 6) is 1.95. The maximum atomic E-state index is 11.5. The molecule has 3 N–H and O–H groups in total. The van der Waals surface area contributed by atoms with Gasteiger partial charge in [0.2, 0.25) is 5.91 Å². The number of nitrogens with zero attached hydrogens (tertiary/aromatic N) is 3. The van der Waals surface area contributed by atoms with E-state index in [0.29, 0.717) is 19.0 Å². The number of carbonyl (C=O) groups is 1. The highest BCUT2D eigenvalue weighted by Gasteiger charge is 2.30. The number of rotatable bonds is 7. The zero-order valence-electron chi connectivity index (χ0n) is 13.4. The molecule has 126 valence electrons. The quantitative estimate of drug-likeness (QED) is 0.747. The van der Waals surface area contributed by atoms with Gasteiger partial charge < -0.3 is 20.7 Å². The molecule has 1 aliphatic heterocycles. The Hall–Kier alpha value is -2.83. The summed E-state index contributed by atoms with van der Waals surface area (Å²) < 4.78 is 5.63. The van der Waals surface area contributed by atoms with Gasteiger partial charge in [0, 0.05) is 12.6 Å². The first kappa shape index (κ1) is 16.0. The molecule has 0 spiro atoms. The molecule has 2 aromatic rings. The Labute approximate surface area is 140 Å². The van der Waals surface area contributed by atoms with Crippen molar-refractivity contribution in [2.75, 3.05) is 29.9 Å². The zero-order chi connectivity index (χ0) is 16.8. The fraction of sp³-hybridized carbons (Fsp3) is 0.353. The third-order valence-electron chi connectivity index (χ3n) is 3.95. The molecule has 0 saturated carbocycles. The summed E-state index contributed by atoms with van der Waals surface area (Å²) in [6.45, 7) is 1.92. The van der Waals surface area contributed by atoms with Gasteiger partial charge in [0.15, 0.2) is 0 Å². The molecular weight excluding hydrogens is 306 g/mol. The highest BCUT2D eigenvalue weighted by Crippen LogP contribution is 2.24. The number of carbonyl (C=O) groups excluding carboxylic acids is 1. The Balaban J connectivity index is 1.54. The van der Waals surface area contributed by atoms with Crippen molar-refractivity contribution in [2.24, 2.45) is 5.73 Å². The first-order chi connectivity index (χ1) is 11.7. The number of hydrogen-bond acceptors (Lipinski definition) is 6. The normalized spacial score (nSPS) is 16.8. The molecule has 3 rings (SSSR count). The second-order valence-electron chi connectivity index (χ2n) is 5.60. The third kappa shape index (κ3) is 3.92. The molecule has 7 heteroatoms. The van der Waals surface area contributed by atoms with E-state index in [0.717, 1.165) is 31.0 Å². The highest BCUT2D eigenvalue weighted by atomic mass is 16.5. The van der Waals surface area contributed by atoms with Crippen molar-refractivity contribution >= 4 is 17.5 Å². The monoisotopic (exact) mass is 327 g/mol. The van der Waals surface area contributed by atoms with Crippen LogP contribution in [0.3, 0.4) is 0 Å².